The number of hydrogen-bond acceptors (Lipinski definition) is 3. The summed E-state index contributed by atoms with van der Waals surface area (Å²) in [6.45, 7) is 0.218. The van der Waals surface area contributed by atoms with E-state index >= 15 is 0 Å². The van der Waals surface area contributed by atoms with Crippen LogP contribution in [0.15, 0.2) is 12.2 Å². The molecule has 0 heterocycles. The van der Waals surface area contributed by atoms with Crippen LogP contribution in [0, 0.1) is 11.8 Å². The summed E-state index contributed by atoms with van der Waals surface area (Å²) in [6, 6.07) is 0. The topological polar surface area (TPSA) is 46.5 Å². The van der Waals surface area contributed by atoms with Gasteiger partial charge in [0.25, 0.3) is 0 Å². The summed E-state index contributed by atoms with van der Waals surface area (Å²) in [6.07, 6.45) is 7.86. The molecule has 0 aromatic heterocycles. The number of allylic oxidation sites excluding steroid dienone is 1. The lowest BCUT2D eigenvalue weighted by Gasteiger charge is -2.27. The van der Waals surface area contributed by atoms with Crippen molar-refractivity contribution in [3.8, 4) is 0 Å². The maximum atomic E-state index is 10.9. The average Bonchev–Trinajstić information content (AvgIpc) is 2.26. The highest BCUT2D eigenvalue weighted by atomic mass is 16.5. The van der Waals surface area contributed by atoms with E-state index in [9.17, 15) is 4.79 Å². The van der Waals surface area contributed by atoms with Gasteiger partial charge in [-0.05, 0) is 24.7 Å². The van der Waals surface area contributed by atoms with Gasteiger partial charge in [-0.1, -0.05) is 18.9 Å². The molecule has 0 saturated heterocycles. The predicted octanol–water partition coefficient (Wildman–Crippen LogP) is 1.51. The van der Waals surface area contributed by atoms with Crippen molar-refractivity contribution >= 4 is 5.97 Å². The number of ether oxygens (including phenoxy) is 1. The zero-order chi connectivity index (χ0) is 10.4. The quantitative estimate of drug-likeness (QED) is 0.552. The van der Waals surface area contributed by atoms with Crippen molar-refractivity contribution in [2.45, 2.75) is 25.7 Å². The Morgan fingerprint density at radius 2 is 2.21 bits per heavy atom. The summed E-state index contributed by atoms with van der Waals surface area (Å²) in [5, 5.41) is 9.13. The van der Waals surface area contributed by atoms with Crippen molar-refractivity contribution in [3.63, 3.8) is 0 Å². The normalized spacial score (nSPS) is 27.9. The molecule has 1 aliphatic carbocycles. The van der Waals surface area contributed by atoms with Crippen LogP contribution in [0.2, 0.25) is 0 Å². The Labute approximate surface area is 84.8 Å². The first kappa shape index (κ1) is 11.2. The van der Waals surface area contributed by atoms with Gasteiger partial charge in [0.1, 0.15) is 0 Å². The average molecular weight is 198 g/mol. The molecule has 0 amide bonds. The molecule has 1 rings (SSSR count). The van der Waals surface area contributed by atoms with Gasteiger partial charge in [-0.3, -0.25) is 0 Å². The number of aliphatic hydroxyl groups excluding tert-OH is 1. The molecule has 0 aromatic carbocycles. The van der Waals surface area contributed by atoms with Gasteiger partial charge in [0.15, 0.2) is 0 Å². The molecule has 80 valence electrons. The molecule has 14 heavy (non-hydrogen) atoms. The summed E-state index contributed by atoms with van der Waals surface area (Å²) in [4.78, 5) is 10.9. The fraction of sp³-hybridized carbons (Fsp3) is 0.727. The number of carbonyl (C=O) groups excluding carboxylic acids is 1. The predicted molar refractivity (Wildman–Crippen MR) is 53.7 cm³/mol. The molecule has 0 spiro atoms. The lowest BCUT2D eigenvalue weighted by Crippen LogP contribution is -2.21. The Kier molecular flexibility index (Phi) is 4.66. The number of rotatable bonds is 3. The zero-order valence-corrected chi connectivity index (χ0v) is 8.61. The Morgan fingerprint density at radius 1 is 1.50 bits per heavy atom. The minimum absolute atomic E-state index is 0.218. The Bertz CT molecular complexity index is 211. The minimum atomic E-state index is -0.313. The highest BCUT2D eigenvalue weighted by Crippen LogP contribution is 2.30. The Balaban J connectivity index is 2.47. The van der Waals surface area contributed by atoms with E-state index < -0.39 is 0 Å². The molecule has 0 bridgehead atoms. The second kappa shape index (κ2) is 5.81. The van der Waals surface area contributed by atoms with E-state index in [0.717, 1.165) is 12.8 Å². The highest BCUT2D eigenvalue weighted by Gasteiger charge is 2.22. The van der Waals surface area contributed by atoms with E-state index in [1.165, 1.54) is 26.0 Å². The third-order valence-electron chi connectivity index (χ3n) is 2.88. The molecule has 0 aromatic rings. The van der Waals surface area contributed by atoms with Gasteiger partial charge in [-0.2, -0.15) is 0 Å². The van der Waals surface area contributed by atoms with Crippen LogP contribution in [0.1, 0.15) is 25.7 Å². The lowest BCUT2D eigenvalue weighted by atomic mass is 9.79. The number of esters is 1. The zero-order valence-electron chi connectivity index (χ0n) is 8.61. The van der Waals surface area contributed by atoms with Gasteiger partial charge in [0.05, 0.1) is 7.11 Å². The highest BCUT2D eigenvalue weighted by molar-refractivity contribution is 5.81. The van der Waals surface area contributed by atoms with Crippen molar-refractivity contribution in [1.82, 2.24) is 0 Å². The van der Waals surface area contributed by atoms with Crippen molar-refractivity contribution in [1.29, 1.82) is 0 Å². The second-order valence-electron chi connectivity index (χ2n) is 3.77. The van der Waals surface area contributed by atoms with Crippen molar-refractivity contribution in [2.75, 3.05) is 13.7 Å². The summed E-state index contributed by atoms with van der Waals surface area (Å²) in [5.41, 5.74) is 0. The van der Waals surface area contributed by atoms with Gasteiger partial charge < -0.3 is 9.84 Å². The van der Waals surface area contributed by atoms with Gasteiger partial charge >= 0.3 is 5.97 Å². The first-order valence-corrected chi connectivity index (χ1v) is 5.15. The van der Waals surface area contributed by atoms with Gasteiger partial charge in [0, 0.05) is 12.7 Å². The molecule has 1 saturated carbocycles. The van der Waals surface area contributed by atoms with E-state index in [2.05, 4.69) is 4.74 Å². The van der Waals surface area contributed by atoms with Crippen LogP contribution < -0.4 is 0 Å². The lowest BCUT2D eigenvalue weighted by molar-refractivity contribution is -0.134. The molecule has 0 unspecified atom stereocenters. The third-order valence-corrected chi connectivity index (χ3v) is 2.88. The van der Waals surface area contributed by atoms with E-state index in [-0.39, 0.29) is 12.6 Å². The van der Waals surface area contributed by atoms with Gasteiger partial charge in [0.2, 0.25) is 0 Å². The maximum Gasteiger partial charge on any atom is 0.330 e. The van der Waals surface area contributed by atoms with E-state index in [1.807, 2.05) is 6.08 Å². The Morgan fingerprint density at radius 3 is 2.86 bits per heavy atom. The molecule has 0 radical (unpaired) electrons. The summed E-state index contributed by atoms with van der Waals surface area (Å²) in [7, 11) is 1.37. The fourth-order valence-electron chi connectivity index (χ4n) is 1.99. The van der Waals surface area contributed by atoms with E-state index in [1.54, 1.807) is 0 Å². The largest absolute Gasteiger partial charge is 0.466 e. The molecule has 1 aliphatic rings. The maximum absolute atomic E-state index is 10.9. The Hall–Kier alpha value is -0.830. The van der Waals surface area contributed by atoms with Crippen LogP contribution in [0.5, 0.6) is 0 Å². The number of hydrogen-bond donors (Lipinski definition) is 1. The standard InChI is InChI=1S/C11H18O3/c1-14-11(13)7-6-9-4-2-3-5-10(9)8-12/h6-7,9-10,12H,2-5,8H2,1H3/b7-6+/t9-,10+/m0/s1. The second-order valence-corrected chi connectivity index (χ2v) is 3.77. The molecular formula is C11H18O3. The minimum Gasteiger partial charge on any atom is -0.466 e. The summed E-state index contributed by atoms with van der Waals surface area (Å²) < 4.78 is 4.52. The number of methoxy groups -OCH3 is 1. The van der Waals surface area contributed by atoms with Crippen LogP contribution >= 0.6 is 0 Å². The SMILES string of the molecule is COC(=O)/C=C/[C@@H]1CCCC[C@@H]1CO. The summed E-state index contributed by atoms with van der Waals surface area (Å²) in [5.74, 6) is 0.352. The van der Waals surface area contributed by atoms with Crippen LogP contribution in [0.3, 0.4) is 0 Å². The van der Waals surface area contributed by atoms with Gasteiger partial charge in [-0.25, -0.2) is 4.79 Å². The van der Waals surface area contributed by atoms with E-state index in [0.29, 0.717) is 11.8 Å². The molecule has 3 nitrogen and oxygen atoms in total. The fourth-order valence-corrected chi connectivity index (χ4v) is 1.99. The molecule has 0 aliphatic heterocycles. The van der Waals surface area contributed by atoms with Crippen LogP contribution in [-0.2, 0) is 9.53 Å². The van der Waals surface area contributed by atoms with Gasteiger partial charge in [-0.15, -0.1) is 0 Å². The smallest absolute Gasteiger partial charge is 0.330 e. The van der Waals surface area contributed by atoms with Crippen LogP contribution in [-0.4, -0.2) is 24.8 Å². The molecule has 2 atom stereocenters. The van der Waals surface area contributed by atoms with Crippen LogP contribution in [0.4, 0.5) is 0 Å². The van der Waals surface area contributed by atoms with Crippen molar-refractivity contribution in [3.05, 3.63) is 12.2 Å². The molecule has 1 N–H and O–H groups in total. The first-order valence-electron chi connectivity index (χ1n) is 5.15. The molecule has 1 fully saturated rings. The van der Waals surface area contributed by atoms with Crippen molar-refractivity contribution < 1.29 is 14.6 Å². The van der Waals surface area contributed by atoms with Crippen molar-refractivity contribution in [2.24, 2.45) is 11.8 Å². The monoisotopic (exact) mass is 198 g/mol. The van der Waals surface area contributed by atoms with E-state index in [4.69, 9.17) is 5.11 Å². The van der Waals surface area contributed by atoms with Crippen LogP contribution in [0.25, 0.3) is 0 Å². The summed E-state index contributed by atoms with van der Waals surface area (Å²) >= 11 is 0. The third kappa shape index (κ3) is 3.14. The number of aliphatic hydroxyl groups is 1. The molecular weight excluding hydrogens is 180 g/mol. The molecule has 3 heteroatoms. The first-order chi connectivity index (χ1) is 6.77. The number of carbonyl (C=O) groups is 1.